The second-order valence-electron chi connectivity index (χ2n) is 3.81. The van der Waals surface area contributed by atoms with E-state index in [1.165, 1.54) is 0 Å². The molecule has 0 aliphatic heterocycles. The molecule has 0 aliphatic rings. The van der Waals surface area contributed by atoms with Gasteiger partial charge < -0.3 is 4.57 Å². The van der Waals surface area contributed by atoms with Crippen LogP contribution in [0.1, 0.15) is 31.9 Å². The molecule has 0 radical (unpaired) electrons. The number of rotatable bonds is 5. The first-order valence-electron chi connectivity index (χ1n) is 5.77. The molecular weight excluding hydrogens is 236 g/mol. The van der Waals surface area contributed by atoms with Gasteiger partial charge in [-0.1, -0.05) is 6.92 Å². The van der Waals surface area contributed by atoms with Crippen LogP contribution in [0.15, 0.2) is 6.33 Å². The van der Waals surface area contributed by atoms with Gasteiger partial charge in [0.05, 0.1) is 6.54 Å². The van der Waals surface area contributed by atoms with Crippen molar-refractivity contribution in [2.45, 2.75) is 39.8 Å². The summed E-state index contributed by atoms with van der Waals surface area (Å²) in [4.78, 5) is 0. The Morgan fingerprint density at radius 1 is 1.35 bits per heavy atom. The maximum Gasteiger partial charge on any atom is 0.195 e. The maximum absolute atomic E-state index is 5.23. The summed E-state index contributed by atoms with van der Waals surface area (Å²) < 4.78 is 4.62. The Morgan fingerprint density at radius 2 is 2.18 bits per heavy atom. The van der Waals surface area contributed by atoms with E-state index in [1.807, 2.05) is 9.13 Å². The zero-order valence-corrected chi connectivity index (χ0v) is 10.9. The van der Waals surface area contributed by atoms with E-state index in [1.54, 1.807) is 6.33 Å². The Morgan fingerprint density at radius 3 is 2.88 bits per heavy atom. The van der Waals surface area contributed by atoms with Crippen molar-refractivity contribution < 1.29 is 0 Å². The van der Waals surface area contributed by atoms with Crippen molar-refractivity contribution in [2.24, 2.45) is 0 Å². The van der Waals surface area contributed by atoms with Crippen LogP contribution in [0, 0.1) is 4.77 Å². The lowest BCUT2D eigenvalue weighted by atomic mass is 10.3. The molecule has 7 heteroatoms. The second kappa shape index (κ2) is 5.22. The molecule has 0 fully saturated rings. The van der Waals surface area contributed by atoms with Crippen molar-refractivity contribution in [3.63, 3.8) is 0 Å². The third-order valence-electron chi connectivity index (χ3n) is 2.65. The highest BCUT2D eigenvalue weighted by Gasteiger charge is 2.09. The molecular formula is C10H16N6S. The number of aromatic amines is 1. The summed E-state index contributed by atoms with van der Waals surface area (Å²) >= 11 is 5.23. The van der Waals surface area contributed by atoms with Crippen LogP contribution in [-0.4, -0.2) is 29.5 Å². The fraction of sp³-hybridized carbons (Fsp3) is 0.600. The first kappa shape index (κ1) is 12.0. The molecule has 1 N–H and O–H groups in total. The average molecular weight is 252 g/mol. The van der Waals surface area contributed by atoms with Gasteiger partial charge in [-0.15, -0.1) is 10.2 Å². The van der Waals surface area contributed by atoms with Crippen LogP contribution in [0.4, 0.5) is 0 Å². The number of aryl methyl sites for hydroxylation is 2. The van der Waals surface area contributed by atoms with Crippen molar-refractivity contribution in [3.05, 3.63) is 22.7 Å². The normalized spacial score (nSPS) is 10.9. The first-order valence-corrected chi connectivity index (χ1v) is 6.17. The molecule has 6 nitrogen and oxygen atoms in total. The average Bonchev–Trinajstić information content (AvgIpc) is 2.90. The molecule has 0 bridgehead atoms. The van der Waals surface area contributed by atoms with E-state index < -0.39 is 0 Å². The highest BCUT2D eigenvalue weighted by molar-refractivity contribution is 7.71. The topological polar surface area (TPSA) is 64.3 Å². The number of hydrogen-bond acceptors (Lipinski definition) is 4. The summed E-state index contributed by atoms with van der Waals surface area (Å²) in [5.41, 5.74) is 0. The maximum atomic E-state index is 5.23. The molecule has 2 heterocycles. The molecule has 0 spiro atoms. The summed E-state index contributed by atoms with van der Waals surface area (Å²) in [6.07, 6.45) is 3.69. The molecule has 0 saturated heterocycles. The molecule has 0 amide bonds. The molecule has 0 aromatic carbocycles. The van der Waals surface area contributed by atoms with E-state index in [-0.39, 0.29) is 0 Å². The number of nitrogens with zero attached hydrogens (tertiary/aromatic N) is 5. The predicted molar refractivity (Wildman–Crippen MR) is 66.2 cm³/mol. The van der Waals surface area contributed by atoms with Crippen molar-refractivity contribution in [2.75, 3.05) is 0 Å². The van der Waals surface area contributed by atoms with Gasteiger partial charge in [-0.05, 0) is 25.6 Å². The van der Waals surface area contributed by atoms with Gasteiger partial charge in [0.1, 0.15) is 12.2 Å². The monoisotopic (exact) mass is 252 g/mol. The fourth-order valence-corrected chi connectivity index (χ4v) is 1.95. The summed E-state index contributed by atoms with van der Waals surface area (Å²) in [6, 6.07) is 0. The Kier molecular flexibility index (Phi) is 3.68. The van der Waals surface area contributed by atoms with Crippen molar-refractivity contribution >= 4 is 12.2 Å². The van der Waals surface area contributed by atoms with E-state index in [9.17, 15) is 0 Å². The van der Waals surface area contributed by atoms with Crippen LogP contribution in [-0.2, 0) is 19.5 Å². The van der Waals surface area contributed by atoms with Crippen molar-refractivity contribution in [3.8, 4) is 0 Å². The van der Waals surface area contributed by atoms with E-state index >= 15 is 0 Å². The molecule has 2 aromatic heterocycles. The zero-order valence-electron chi connectivity index (χ0n) is 10.1. The SMILES string of the molecule is CCCc1n[nH]c(=S)n1Cc1nncn1CC. The van der Waals surface area contributed by atoms with Crippen LogP contribution >= 0.6 is 12.2 Å². The minimum atomic E-state index is 0.624. The van der Waals surface area contributed by atoms with Gasteiger partial charge in [0, 0.05) is 13.0 Å². The lowest BCUT2D eigenvalue weighted by Crippen LogP contribution is -2.10. The van der Waals surface area contributed by atoms with Gasteiger partial charge in [0.25, 0.3) is 0 Å². The van der Waals surface area contributed by atoms with Gasteiger partial charge >= 0.3 is 0 Å². The third kappa shape index (κ3) is 2.44. The Balaban J connectivity index is 2.29. The largest absolute Gasteiger partial charge is 0.316 e. The number of aromatic nitrogens is 6. The van der Waals surface area contributed by atoms with E-state index in [4.69, 9.17) is 12.2 Å². The number of H-pyrrole nitrogens is 1. The third-order valence-corrected chi connectivity index (χ3v) is 2.96. The van der Waals surface area contributed by atoms with Gasteiger partial charge in [0.2, 0.25) is 0 Å². The predicted octanol–water partition coefficient (Wildman–Crippen LogP) is 1.55. The minimum absolute atomic E-state index is 0.624. The van der Waals surface area contributed by atoms with Gasteiger partial charge in [-0.25, -0.2) is 0 Å². The van der Waals surface area contributed by atoms with Crippen LogP contribution in [0.5, 0.6) is 0 Å². The summed E-state index contributed by atoms with van der Waals surface area (Å²) in [5.74, 6) is 1.88. The first-order chi connectivity index (χ1) is 8.26. The van der Waals surface area contributed by atoms with E-state index in [0.29, 0.717) is 11.3 Å². The molecule has 17 heavy (non-hydrogen) atoms. The Hall–Kier alpha value is -1.50. The molecule has 2 rings (SSSR count). The lowest BCUT2D eigenvalue weighted by molar-refractivity contribution is 0.621. The van der Waals surface area contributed by atoms with Crippen LogP contribution in [0.25, 0.3) is 0 Å². The summed E-state index contributed by atoms with van der Waals surface area (Å²) in [6.45, 7) is 5.67. The highest BCUT2D eigenvalue weighted by Crippen LogP contribution is 2.05. The highest BCUT2D eigenvalue weighted by atomic mass is 32.1. The number of hydrogen-bond donors (Lipinski definition) is 1. The summed E-state index contributed by atoms with van der Waals surface area (Å²) in [5, 5.41) is 15.1. The number of nitrogens with one attached hydrogen (secondary N) is 1. The zero-order chi connectivity index (χ0) is 12.3. The quantitative estimate of drug-likeness (QED) is 0.820. The van der Waals surface area contributed by atoms with Crippen molar-refractivity contribution in [1.29, 1.82) is 0 Å². The molecule has 92 valence electrons. The molecule has 0 aliphatic carbocycles. The van der Waals surface area contributed by atoms with Crippen LogP contribution in [0.3, 0.4) is 0 Å². The fourth-order valence-electron chi connectivity index (χ4n) is 1.73. The summed E-state index contributed by atoms with van der Waals surface area (Å²) in [7, 11) is 0. The Bertz CT molecular complexity index is 537. The van der Waals surface area contributed by atoms with Gasteiger partial charge in [0.15, 0.2) is 10.6 Å². The van der Waals surface area contributed by atoms with Crippen LogP contribution in [0.2, 0.25) is 0 Å². The van der Waals surface area contributed by atoms with Gasteiger partial charge in [-0.2, -0.15) is 5.10 Å². The lowest BCUT2D eigenvalue weighted by Gasteiger charge is -2.06. The Labute approximate surface area is 105 Å². The second-order valence-corrected chi connectivity index (χ2v) is 4.20. The van der Waals surface area contributed by atoms with Crippen LogP contribution < -0.4 is 0 Å². The minimum Gasteiger partial charge on any atom is -0.316 e. The standard InChI is InChI=1S/C10H16N6S/c1-3-5-8-13-14-10(17)16(8)6-9-12-11-7-15(9)4-2/h7H,3-6H2,1-2H3,(H,14,17). The molecule has 0 unspecified atom stereocenters. The molecule has 2 aromatic rings. The molecule has 0 saturated carbocycles. The van der Waals surface area contributed by atoms with Gasteiger partial charge in [-0.3, -0.25) is 9.67 Å². The van der Waals surface area contributed by atoms with Crippen molar-refractivity contribution in [1.82, 2.24) is 29.5 Å². The smallest absolute Gasteiger partial charge is 0.195 e. The molecule has 0 atom stereocenters. The van der Waals surface area contributed by atoms with E-state index in [0.717, 1.165) is 31.0 Å². The van der Waals surface area contributed by atoms with E-state index in [2.05, 4.69) is 34.2 Å².